The summed E-state index contributed by atoms with van der Waals surface area (Å²) in [6, 6.07) is 15.4. The molecule has 0 radical (unpaired) electrons. The van der Waals surface area contributed by atoms with Gasteiger partial charge in [-0.25, -0.2) is 0 Å². The minimum atomic E-state index is 0.595. The van der Waals surface area contributed by atoms with E-state index in [1.54, 1.807) is 0 Å². The van der Waals surface area contributed by atoms with E-state index >= 15 is 0 Å². The number of halogens is 1. The van der Waals surface area contributed by atoms with Crippen molar-refractivity contribution in [3.8, 4) is 17.1 Å². The van der Waals surface area contributed by atoms with E-state index in [0.717, 1.165) is 16.8 Å². The third-order valence-electron chi connectivity index (χ3n) is 2.83. The molecule has 0 atom stereocenters. The van der Waals surface area contributed by atoms with Crippen molar-refractivity contribution in [1.29, 1.82) is 0 Å². The number of hydrogen-bond acceptors (Lipinski definition) is 3. The average Bonchev–Trinajstić information content (AvgIpc) is 2.93. The maximum atomic E-state index is 6.10. The van der Waals surface area contributed by atoms with Crippen LogP contribution in [0.15, 0.2) is 48.5 Å². The highest BCUT2D eigenvalue weighted by Crippen LogP contribution is 2.19. The second-order valence-electron chi connectivity index (χ2n) is 4.20. The second kappa shape index (κ2) is 4.82. The predicted octanol–water partition coefficient (Wildman–Crippen LogP) is 3.29. The van der Waals surface area contributed by atoms with Gasteiger partial charge in [-0.1, -0.05) is 48.0 Å². The van der Waals surface area contributed by atoms with Gasteiger partial charge in [0.25, 0.3) is 0 Å². The molecule has 4 nitrogen and oxygen atoms in total. The van der Waals surface area contributed by atoms with Crippen molar-refractivity contribution in [1.82, 2.24) is 20.2 Å². The number of aryl methyl sites for hydroxylation is 1. The number of nitrogens with zero attached hydrogens (tertiary/aromatic N) is 4. The lowest BCUT2D eigenvalue weighted by atomic mass is 10.2. The normalized spacial score (nSPS) is 10.6. The molecule has 0 fully saturated rings. The Labute approximate surface area is 115 Å². The fraction of sp³-hybridized carbons (Fsp3) is 0.0714. The number of aromatic nitrogens is 4. The van der Waals surface area contributed by atoms with E-state index in [1.807, 2.05) is 55.5 Å². The molecule has 0 saturated heterocycles. The van der Waals surface area contributed by atoms with Gasteiger partial charge in [0, 0.05) is 10.6 Å². The molecule has 0 unspecified atom stereocenters. The van der Waals surface area contributed by atoms with Gasteiger partial charge in [-0.15, -0.1) is 15.0 Å². The van der Waals surface area contributed by atoms with Crippen LogP contribution in [0.1, 0.15) is 5.56 Å². The summed E-state index contributed by atoms with van der Waals surface area (Å²) in [4.78, 5) is 1.48. The van der Waals surface area contributed by atoms with Gasteiger partial charge in [-0.2, -0.15) is 0 Å². The van der Waals surface area contributed by atoms with E-state index in [-0.39, 0.29) is 0 Å². The van der Waals surface area contributed by atoms with Crippen LogP contribution in [0.25, 0.3) is 17.1 Å². The summed E-state index contributed by atoms with van der Waals surface area (Å²) in [5, 5.41) is 13.2. The van der Waals surface area contributed by atoms with Gasteiger partial charge in [0.1, 0.15) is 0 Å². The molecule has 1 heterocycles. The summed E-state index contributed by atoms with van der Waals surface area (Å²) < 4.78 is 0. The first-order chi connectivity index (χ1) is 9.24. The van der Waals surface area contributed by atoms with Crippen molar-refractivity contribution >= 4 is 11.6 Å². The highest BCUT2D eigenvalue weighted by atomic mass is 35.5. The summed E-state index contributed by atoms with van der Waals surface area (Å²) in [6.45, 7) is 1.95. The zero-order valence-corrected chi connectivity index (χ0v) is 11.0. The number of rotatable bonds is 2. The van der Waals surface area contributed by atoms with Crippen LogP contribution in [0.2, 0.25) is 5.02 Å². The summed E-state index contributed by atoms with van der Waals surface area (Å²) in [5.41, 5.74) is 2.76. The van der Waals surface area contributed by atoms with Gasteiger partial charge in [0.2, 0.25) is 5.82 Å². The fourth-order valence-corrected chi connectivity index (χ4v) is 1.91. The summed E-state index contributed by atoms with van der Waals surface area (Å²) >= 11 is 6.10. The van der Waals surface area contributed by atoms with Crippen LogP contribution in [0.4, 0.5) is 0 Å². The molecular weight excluding hydrogens is 260 g/mol. The Morgan fingerprint density at radius 1 is 1.05 bits per heavy atom. The number of tetrazole rings is 1. The number of benzene rings is 2. The fourth-order valence-electron chi connectivity index (χ4n) is 1.73. The first kappa shape index (κ1) is 11.9. The van der Waals surface area contributed by atoms with Crippen LogP contribution in [-0.4, -0.2) is 20.2 Å². The first-order valence-electron chi connectivity index (χ1n) is 5.86. The molecule has 3 aromatic rings. The molecular formula is C14H11ClN4. The molecule has 1 aromatic heterocycles. The van der Waals surface area contributed by atoms with Crippen LogP contribution < -0.4 is 0 Å². The summed E-state index contributed by atoms with van der Waals surface area (Å²) in [7, 11) is 0. The van der Waals surface area contributed by atoms with E-state index in [2.05, 4.69) is 15.4 Å². The molecule has 5 heteroatoms. The van der Waals surface area contributed by atoms with Crippen LogP contribution >= 0.6 is 11.6 Å². The number of hydrogen-bond donors (Lipinski definition) is 0. The molecule has 0 N–H and O–H groups in total. The van der Waals surface area contributed by atoms with Gasteiger partial charge < -0.3 is 0 Å². The lowest BCUT2D eigenvalue weighted by Crippen LogP contribution is -1.99. The third kappa shape index (κ3) is 2.35. The maximum absolute atomic E-state index is 6.10. The zero-order chi connectivity index (χ0) is 13.2. The highest BCUT2D eigenvalue weighted by molar-refractivity contribution is 6.31. The van der Waals surface area contributed by atoms with E-state index in [1.165, 1.54) is 4.80 Å². The predicted molar refractivity (Wildman–Crippen MR) is 74.3 cm³/mol. The van der Waals surface area contributed by atoms with Gasteiger partial charge in [-0.05, 0) is 29.8 Å². The van der Waals surface area contributed by atoms with Crippen LogP contribution in [-0.2, 0) is 0 Å². The van der Waals surface area contributed by atoms with Crippen molar-refractivity contribution in [2.75, 3.05) is 0 Å². The Balaban J connectivity index is 1.99. The first-order valence-corrected chi connectivity index (χ1v) is 6.24. The maximum Gasteiger partial charge on any atom is 0.205 e. The Morgan fingerprint density at radius 2 is 1.84 bits per heavy atom. The molecule has 0 aliphatic heterocycles. The molecule has 2 aromatic carbocycles. The summed E-state index contributed by atoms with van der Waals surface area (Å²) in [5.74, 6) is 0.595. The SMILES string of the molecule is Cc1ccc(-n2nnc(-c3ccccc3)n2)cc1Cl. The van der Waals surface area contributed by atoms with Crippen LogP contribution in [0.5, 0.6) is 0 Å². The monoisotopic (exact) mass is 270 g/mol. The standard InChI is InChI=1S/C14H11ClN4/c1-10-7-8-12(9-13(10)15)19-17-14(16-18-19)11-5-3-2-4-6-11/h2-9H,1H3. The van der Waals surface area contributed by atoms with E-state index in [9.17, 15) is 0 Å². The highest BCUT2D eigenvalue weighted by Gasteiger charge is 2.07. The van der Waals surface area contributed by atoms with Crippen molar-refractivity contribution in [2.45, 2.75) is 6.92 Å². The zero-order valence-electron chi connectivity index (χ0n) is 10.3. The van der Waals surface area contributed by atoms with Crippen LogP contribution in [0, 0.1) is 6.92 Å². The Bertz CT molecular complexity index is 706. The Morgan fingerprint density at radius 3 is 2.58 bits per heavy atom. The largest absolute Gasteiger partial charge is 0.205 e. The topological polar surface area (TPSA) is 43.6 Å². The molecule has 0 aliphatic carbocycles. The van der Waals surface area contributed by atoms with Gasteiger partial charge in [0.15, 0.2) is 0 Å². The van der Waals surface area contributed by atoms with Gasteiger partial charge in [0.05, 0.1) is 5.69 Å². The molecule has 0 bridgehead atoms. The minimum absolute atomic E-state index is 0.595. The second-order valence-corrected chi connectivity index (χ2v) is 4.61. The minimum Gasteiger partial charge on any atom is -0.130 e. The Kier molecular flexibility index (Phi) is 3.01. The van der Waals surface area contributed by atoms with Crippen molar-refractivity contribution in [2.24, 2.45) is 0 Å². The summed E-state index contributed by atoms with van der Waals surface area (Å²) in [6.07, 6.45) is 0. The lowest BCUT2D eigenvalue weighted by Gasteiger charge is -2.01. The van der Waals surface area contributed by atoms with E-state index in [4.69, 9.17) is 11.6 Å². The molecule has 0 aliphatic rings. The molecule has 19 heavy (non-hydrogen) atoms. The quantitative estimate of drug-likeness (QED) is 0.718. The third-order valence-corrected chi connectivity index (χ3v) is 3.24. The van der Waals surface area contributed by atoms with Crippen molar-refractivity contribution in [3.05, 3.63) is 59.1 Å². The van der Waals surface area contributed by atoms with E-state index < -0.39 is 0 Å². The van der Waals surface area contributed by atoms with Gasteiger partial charge in [-0.3, -0.25) is 0 Å². The molecule has 0 amide bonds. The van der Waals surface area contributed by atoms with Gasteiger partial charge >= 0.3 is 0 Å². The van der Waals surface area contributed by atoms with Crippen LogP contribution in [0.3, 0.4) is 0 Å². The van der Waals surface area contributed by atoms with Crippen molar-refractivity contribution in [3.63, 3.8) is 0 Å². The lowest BCUT2D eigenvalue weighted by molar-refractivity contribution is 0.720. The molecule has 94 valence electrons. The average molecular weight is 271 g/mol. The Hall–Kier alpha value is -2.20. The smallest absolute Gasteiger partial charge is 0.130 e. The van der Waals surface area contributed by atoms with E-state index in [0.29, 0.717) is 10.8 Å². The molecule has 0 saturated carbocycles. The molecule has 0 spiro atoms. The molecule has 3 rings (SSSR count). The van der Waals surface area contributed by atoms with Crippen molar-refractivity contribution < 1.29 is 0 Å².